The summed E-state index contributed by atoms with van der Waals surface area (Å²) in [6.07, 6.45) is -0.436. The van der Waals surface area contributed by atoms with Crippen LogP contribution in [0, 0.1) is 6.92 Å². The Hall–Kier alpha value is -2.29. The number of hydrogen-bond acceptors (Lipinski definition) is 5. The smallest absolute Gasteiger partial charge is 0.409 e. The molecule has 0 spiro atoms. The highest BCUT2D eigenvalue weighted by atomic mass is 32.2. The van der Waals surface area contributed by atoms with E-state index in [4.69, 9.17) is 4.74 Å². The minimum absolute atomic E-state index is 0.0105. The molecule has 3 amide bonds. The second kappa shape index (κ2) is 6.65. The number of sulfonamides is 1. The highest BCUT2D eigenvalue weighted by molar-refractivity contribution is 7.90. The Morgan fingerprint density at radius 1 is 1.32 bits per heavy atom. The van der Waals surface area contributed by atoms with Gasteiger partial charge in [0.1, 0.15) is 6.61 Å². The summed E-state index contributed by atoms with van der Waals surface area (Å²) >= 11 is 0. The molecule has 1 aromatic carbocycles. The van der Waals surface area contributed by atoms with E-state index in [1.807, 2.05) is 11.6 Å². The van der Waals surface area contributed by atoms with E-state index in [0.29, 0.717) is 13.2 Å². The molecular weight excluding hydrogens is 310 g/mol. The monoisotopic (exact) mass is 327 g/mol. The van der Waals surface area contributed by atoms with Gasteiger partial charge in [-0.3, -0.25) is 0 Å². The van der Waals surface area contributed by atoms with Crippen molar-refractivity contribution in [3.8, 4) is 0 Å². The standard InChI is InChI=1S/C13H17N3O5S/c1-10-2-4-11(5-3-10)22(19,20)15-12(17)14-6-7-16-8-9-21-13(16)18/h2-5H,6-9H2,1H3,(H2,14,15,17). The van der Waals surface area contributed by atoms with E-state index in [1.54, 1.807) is 12.1 Å². The van der Waals surface area contributed by atoms with Gasteiger partial charge in [-0.1, -0.05) is 17.7 Å². The molecule has 1 heterocycles. The molecule has 0 atom stereocenters. The first kappa shape index (κ1) is 16.1. The fourth-order valence-corrected chi connectivity index (χ4v) is 2.80. The molecule has 22 heavy (non-hydrogen) atoms. The van der Waals surface area contributed by atoms with Crippen LogP contribution in [0.5, 0.6) is 0 Å². The third-order valence-electron chi connectivity index (χ3n) is 3.07. The first-order chi connectivity index (χ1) is 10.4. The molecule has 8 nitrogen and oxygen atoms in total. The van der Waals surface area contributed by atoms with Gasteiger partial charge >= 0.3 is 12.1 Å². The van der Waals surface area contributed by atoms with Gasteiger partial charge in [-0.15, -0.1) is 0 Å². The highest BCUT2D eigenvalue weighted by Gasteiger charge is 2.22. The first-order valence-corrected chi connectivity index (χ1v) is 8.16. The Kier molecular flexibility index (Phi) is 4.86. The molecule has 0 unspecified atom stereocenters. The van der Waals surface area contributed by atoms with Gasteiger partial charge in [0.25, 0.3) is 10.0 Å². The minimum atomic E-state index is -3.90. The zero-order valence-electron chi connectivity index (χ0n) is 12.0. The number of benzene rings is 1. The Labute approximate surface area is 128 Å². The van der Waals surface area contributed by atoms with E-state index in [2.05, 4.69) is 5.32 Å². The lowest BCUT2D eigenvalue weighted by atomic mass is 10.2. The van der Waals surface area contributed by atoms with Gasteiger partial charge in [-0.05, 0) is 19.1 Å². The zero-order valence-corrected chi connectivity index (χ0v) is 12.9. The molecule has 1 fully saturated rings. The maximum atomic E-state index is 12.0. The van der Waals surface area contributed by atoms with Gasteiger partial charge in [-0.25, -0.2) is 22.7 Å². The largest absolute Gasteiger partial charge is 0.448 e. The highest BCUT2D eigenvalue weighted by Crippen LogP contribution is 2.09. The van der Waals surface area contributed by atoms with E-state index in [1.165, 1.54) is 17.0 Å². The van der Waals surface area contributed by atoms with Crippen molar-refractivity contribution in [2.45, 2.75) is 11.8 Å². The lowest BCUT2D eigenvalue weighted by Gasteiger charge is -2.13. The molecule has 1 aliphatic heterocycles. The number of ether oxygens (including phenoxy) is 1. The van der Waals surface area contributed by atoms with Gasteiger partial charge < -0.3 is 15.0 Å². The van der Waals surface area contributed by atoms with E-state index in [9.17, 15) is 18.0 Å². The van der Waals surface area contributed by atoms with Gasteiger partial charge in [0.05, 0.1) is 11.4 Å². The van der Waals surface area contributed by atoms with Crippen molar-refractivity contribution in [2.24, 2.45) is 0 Å². The van der Waals surface area contributed by atoms with Crippen LogP contribution in [0.2, 0.25) is 0 Å². The van der Waals surface area contributed by atoms with Gasteiger partial charge in [0.2, 0.25) is 0 Å². The second-order valence-electron chi connectivity index (χ2n) is 4.78. The predicted octanol–water partition coefficient (Wildman–Crippen LogP) is 0.435. The Morgan fingerprint density at radius 3 is 2.59 bits per heavy atom. The summed E-state index contributed by atoms with van der Waals surface area (Å²) in [4.78, 5) is 24.2. The maximum Gasteiger partial charge on any atom is 0.409 e. The fraction of sp³-hybridized carbons (Fsp3) is 0.385. The van der Waals surface area contributed by atoms with Crippen molar-refractivity contribution in [1.82, 2.24) is 14.9 Å². The number of amides is 3. The molecule has 0 aromatic heterocycles. The van der Waals surface area contributed by atoms with Crippen LogP contribution < -0.4 is 10.0 Å². The summed E-state index contributed by atoms with van der Waals surface area (Å²) in [5, 5.41) is 2.39. The summed E-state index contributed by atoms with van der Waals surface area (Å²) < 4.78 is 30.6. The third kappa shape index (κ3) is 4.10. The summed E-state index contributed by atoms with van der Waals surface area (Å²) in [6.45, 7) is 3.01. The van der Waals surface area contributed by atoms with Crippen molar-refractivity contribution >= 4 is 22.1 Å². The summed E-state index contributed by atoms with van der Waals surface area (Å²) in [6, 6.07) is 5.29. The van der Waals surface area contributed by atoms with Crippen LogP contribution in [0.4, 0.5) is 9.59 Å². The Balaban J connectivity index is 1.83. The van der Waals surface area contributed by atoms with Crippen molar-refractivity contribution in [2.75, 3.05) is 26.2 Å². The lowest BCUT2D eigenvalue weighted by molar-refractivity contribution is 0.158. The van der Waals surface area contributed by atoms with Crippen molar-refractivity contribution in [3.05, 3.63) is 29.8 Å². The van der Waals surface area contributed by atoms with E-state index < -0.39 is 22.1 Å². The molecule has 2 rings (SSSR count). The van der Waals surface area contributed by atoms with Crippen LogP contribution in [0.3, 0.4) is 0 Å². The van der Waals surface area contributed by atoms with E-state index in [-0.39, 0.29) is 18.0 Å². The fourth-order valence-electron chi connectivity index (χ4n) is 1.87. The molecule has 0 radical (unpaired) electrons. The molecule has 0 saturated carbocycles. The average Bonchev–Trinajstić information content (AvgIpc) is 2.84. The lowest BCUT2D eigenvalue weighted by Crippen LogP contribution is -2.42. The molecule has 120 valence electrons. The van der Waals surface area contributed by atoms with E-state index >= 15 is 0 Å². The molecule has 1 saturated heterocycles. The zero-order chi connectivity index (χ0) is 16.2. The number of rotatable bonds is 5. The van der Waals surface area contributed by atoms with Gasteiger partial charge in [0.15, 0.2) is 0 Å². The number of hydrogen-bond donors (Lipinski definition) is 2. The third-order valence-corrected chi connectivity index (χ3v) is 4.42. The summed E-state index contributed by atoms with van der Waals surface area (Å²) in [5.74, 6) is 0. The van der Waals surface area contributed by atoms with Gasteiger partial charge in [0, 0.05) is 13.1 Å². The quantitative estimate of drug-likeness (QED) is 0.816. The van der Waals surface area contributed by atoms with Crippen LogP contribution in [0.25, 0.3) is 0 Å². The van der Waals surface area contributed by atoms with Crippen molar-refractivity contribution in [1.29, 1.82) is 0 Å². The average molecular weight is 327 g/mol. The molecule has 0 aliphatic carbocycles. The molecule has 1 aromatic rings. The number of aryl methyl sites for hydroxylation is 1. The number of carbonyl (C=O) groups is 2. The van der Waals surface area contributed by atoms with Gasteiger partial charge in [-0.2, -0.15) is 0 Å². The van der Waals surface area contributed by atoms with Crippen molar-refractivity contribution < 1.29 is 22.7 Å². The molecule has 1 aliphatic rings. The Morgan fingerprint density at radius 2 is 2.00 bits per heavy atom. The second-order valence-corrected chi connectivity index (χ2v) is 6.46. The Bertz CT molecular complexity index is 657. The topological polar surface area (TPSA) is 105 Å². The SMILES string of the molecule is Cc1ccc(S(=O)(=O)NC(=O)NCCN2CCOC2=O)cc1. The normalized spacial score (nSPS) is 14.6. The first-order valence-electron chi connectivity index (χ1n) is 6.67. The summed E-state index contributed by atoms with van der Waals surface area (Å²) in [5.41, 5.74) is 0.918. The van der Waals surface area contributed by atoms with Crippen LogP contribution >= 0.6 is 0 Å². The molecule has 0 bridgehead atoms. The summed E-state index contributed by atoms with van der Waals surface area (Å²) in [7, 11) is -3.90. The van der Waals surface area contributed by atoms with Crippen LogP contribution in [0.15, 0.2) is 29.2 Å². The predicted molar refractivity (Wildman–Crippen MR) is 77.8 cm³/mol. The number of nitrogens with zero attached hydrogens (tertiary/aromatic N) is 1. The number of cyclic esters (lactones) is 1. The number of carbonyl (C=O) groups excluding carboxylic acids is 2. The van der Waals surface area contributed by atoms with Crippen LogP contribution in [-0.4, -0.2) is 51.7 Å². The minimum Gasteiger partial charge on any atom is -0.448 e. The number of urea groups is 1. The van der Waals surface area contributed by atoms with Crippen LogP contribution in [0.1, 0.15) is 5.56 Å². The molecule has 9 heteroatoms. The van der Waals surface area contributed by atoms with Crippen molar-refractivity contribution in [3.63, 3.8) is 0 Å². The number of nitrogens with one attached hydrogen (secondary N) is 2. The van der Waals surface area contributed by atoms with Crippen LogP contribution in [-0.2, 0) is 14.8 Å². The molecule has 2 N–H and O–H groups in total. The maximum absolute atomic E-state index is 12.0. The molecular formula is C13H17N3O5S. The van der Waals surface area contributed by atoms with E-state index in [0.717, 1.165) is 5.56 Å².